The summed E-state index contributed by atoms with van der Waals surface area (Å²) in [7, 11) is 6.23. The third-order valence-electron chi connectivity index (χ3n) is 4.48. The molecule has 0 aromatic heterocycles. The zero-order valence-corrected chi connectivity index (χ0v) is 27.4. The number of carbonyl (C=O) groups excluding carboxylic acids is 2. The molecule has 276 valence electrons. The number of hydrogen-bond donors (Lipinski definition) is 15. The number of rotatable bonds is 18. The minimum Gasteiger partial charge on any atom is -0.548 e. The van der Waals surface area contributed by atoms with Crippen molar-refractivity contribution in [1.82, 2.24) is 10.6 Å². The maximum atomic E-state index is 10.2. The fourth-order valence-corrected chi connectivity index (χ4v) is 2.00. The van der Waals surface area contributed by atoms with Gasteiger partial charge in [-0.15, -0.1) is 0 Å². The summed E-state index contributed by atoms with van der Waals surface area (Å²) in [5, 5.41) is 78.5. The van der Waals surface area contributed by atoms with E-state index >= 15 is 0 Å². The zero-order chi connectivity index (χ0) is 37.3. The van der Waals surface area contributed by atoms with Crippen LogP contribution in [0, 0.1) is 10.8 Å². The SMILES string of the molecule is CC(N)=O.C[N+](C)(C)CCOCC(O)CO.N=C(N)NCCC[C@H](N)C(=O)O.N=C(N)NCCC[C@H](N)C(=O)[O-].OCC(O)CO. The van der Waals surface area contributed by atoms with Crippen molar-refractivity contribution in [3.8, 4) is 0 Å². The highest BCUT2D eigenvalue weighted by molar-refractivity contribution is 5.74. The molecule has 1 amide bonds. The van der Waals surface area contributed by atoms with Crippen LogP contribution in [0.4, 0.5) is 0 Å². The second-order valence-electron chi connectivity index (χ2n) is 10.4. The maximum Gasteiger partial charge on any atom is 0.320 e. The number of aliphatic hydroxyl groups excluding tert-OH is 5. The molecule has 21 nitrogen and oxygen atoms in total. The Balaban J connectivity index is -0.000000159. The lowest BCUT2D eigenvalue weighted by atomic mass is 10.2. The monoisotopic (exact) mass is 676 g/mol. The van der Waals surface area contributed by atoms with Gasteiger partial charge in [-0.2, -0.15) is 0 Å². The van der Waals surface area contributed by atoms with Gasteiger partial charge >= 0.3 is 5.97 Å². The highest BCUT2D eigenvalue weighted by Gasteiger charge is 2.10. The molecule has 21 heteroatoms. The van der Waals surface area contributed by atoms with Gasteiger partial charge in [-0.05, 0) is 25.7 Å². The van der Waals surface area contributed by atoms with E-state index in [1.807, 2.05) is 0 Å². The molecule has 0 aliphatic heterocycles. The number of nitrogens with one attached hydrogen (secondary N) is 4. The van der Waals surface area contributed by atoms with Gasteiger partial charge in [-0.1, -0.05) is 0 Å². The number of hydrogen-bond acceptors (Lipinski definition) is 14. The van der Waals surface area contributed by atoms with Gasteiger partial charge in [0, 0.05) is 26.1 Å². The topological polar surface area (TPSA) is 407 Å². The number of carboxylic acids is 2. The fourth-order valence-electron chi connectivity index (χ4n) is 2.00. The lowest BCUT2D eigenvalue weighted by Gasteiger charge is -2.23. The number of amides is 1. The largest absolute Gasteiger partial charge is 0.548 e. The summed E-state index contributed by atoms with van der Waals surface area (Å²) in [4.78, 5) is 29.5. The van der Waals surface area contributed by atoms with E-state index in [0.717, 1.165) is 11.0 Å². The van der Waals surface area contributed by atoms with E-state index in [0.29, 0.717) is 45.4 Å². The Kier molecular flexibility index (Phi) is 39.1. The van der Waals surface area contributed by atoms with Crippen LogP contribution in [0.25, 0.3) is 0 Å². The molecule has 0 saturated heterocycles. The zero-order valence-electron chi connectivity index (χ0n) is 27.4. The van der Waals surface area contributed by atoms with Crippen molar-refractivity contribution in [2.24, 2.45) is 28.7 Å². The van der Waals surface area contributed by atoms with E-state index < -0.39 is 36.2 Å². The van der Waals surface area contributed by atoms with Gasteiger partial charge in [-0.3, -0.25) is 20.4 Å². The molecule has 0 radical (unpaired) electrons. The minimum absolute atomic E-state index is 0.112. The molecule has 0 spiro atoms. The van der Waals surface area contributed by atoms with E-state index in [1.54, 1.807) is 0 Å². The van der Waals surface area contributed by atoms with E-state index in [1.165, 1.54) is 6.92 Å². The molecule has 0 bridgehead atoms. The molecule has 0 aromatic carbocycles. The van der Waals surface area contributed by atoms with E-state index in [4.69, 9.17) is 69.1 Å². The van der Waals surface area contributed by atoms with Gasteiger partial charge in [0.1, 0.15) is 24.8 Å². The number of aliphatic carboxylic acids is 2. The molecule has 0 rings (SSSR count). The van der Waals surface area contributed by atoms with Crippen LogP contribution in [0.15, 0.2) is 0 Å². The Hall–Kier alpha value is -3.41. The van der Waals surface area contributed by atoms with Gasteiger partial charge in [-0.25, -0.2) is 0 Å². The first-order chi connectivity index (χ1) is 21.1. The molecule has 0 aromatic rings. The van der Waals surface area contributed by atoms with E-state index in [-0.39, 0.29) is 44.3 Å². The van der Waals surface area contributed by atoms with Gasteiger partial charge in [0.2, 0.25) is 5.91 Å². The number of quaternary nitrogens is 1. The van der Waals surface area contributed by atoms with Crippen LogP contribution in [-0.4, -0.2) is 163 Å². The molecular formula is C25H60N10O11. The standard InChI is InChI=1S/C8H20NO3.2C6H14N4O2.C3H8O3.C2H5NO/c1-9(2,3)4-5-12-7-8(11)6-10;2*7-4(5(11)12)2-1-3-10-6(8)9;4-1-3(6)2-5;1-2(3)4/h8,10-11H,4-7H2,1-3H3;2*4H,1-3,7H2,(H,11,12)(H4,8,9,10);3-6H,1-2H2;1H3,(H2,3,4)/q+1;;;;/p-1/t;2*4-;;/m.00../s1. The Morgan fingerprint density at radius 1 is 0.826 bits per heavy atom. The summed E-state index contributed by atoms with van der Waals surface area (Å²) >= 11 is 0. The number of ether oxygens (including phenoxy) is 1. The van der Waals surface area contributed by atoms with E-state index in [2.05, 4.69) is 37.5 Å². The first-order valence-electron chi connectivity index (χ1n) is 14.0. The van der Waals surface area contributed by atoms with Gasteiger partial charge in [0.05, 0.1) is 60.1 Å². The summed E-state index contributed by atoms with van der Waals surface area (Å²) < 4.78 is 5.98. The van der Waals surface area contributed by atoms with Crippen LogP contribution >= 0.6 is 0 Å². The number of guanidine groups is 2. The second kappa shape index (κ2) is 34.5. The summed E-state index contributed by atoms with van der Waals surface area (Å²) in [5.74, 6) is -2.83. The quantitative estimate of drug-likeness (QED) is 0.0277. The van der Waals surface area contributed by atoms with Crippen molar-refractivity contribution in [1.29, 1.82) is 10.8 Å². The number of nitrogens with two attached hydrogens (primary N) is 5. The number of aliphatic hydroxyl groups is 5. The molecule has 0 heterocycles. The number of primary amides is 1. The molecule has 0 saturated carbocycles. The number of carbonyl (C=O) groups is 3. The molecule has 46 heavy (non-hydrogen) atoms. The number of carboxylic acid groups (broad SMARTS) is 2. The van der Waals surface area contributed by atoms with Crippen molar-refractivity contribution >= 4 is 29.8 Å². The van der Waals surface area contributed by atoms with Crippen LogP contribution < -0.4 is 44.4 Å². The first kappa shape index (κ1) is 52.1. The van der Waals surface area contributed by atoms with Crippen LogP contribution in [0.5, 0.6) is 0 Å². The molecule has 20 N–H and O–H groups in total. The fraction of sp³-hybridized carbons (Fsp3) is 0.800. The van der Waals surface area contributed by atoms with Crippen molar-refractivity contribution in [2.45, 2.75) is 56.9 Å². The van der Waals surface area contributed by atoms with Gasteiger partial charge in [0.15, 0.2) is 11.9 Å². The average molecular weight is 677 g/mol. The Morgan fingerprint density at radius 2 is 1.20 bits per heavy atom. The number of nitrogens with zero attached hydrogens (tertiary/aromatic N) is 1. The van der Waals surface area contributed by atoms with Gasteiger partial charge < -0.3 is 89.1 Å². The molecule has 0 aliphatic carbocycles. The maximum absolute atomic E-state index is 10.2. The van der Waals surface area contributed by atoms with Crippen molar-refractivity contribution < 1.29 is 59.3 Å². The lowest BCUT2D eigenvalue weighted by Crippen LogP contribution is -2.42. The Morgan fingerprint density at radius 3 is 1.46 bits per heavy atom. The normalized spacial score (nSPS) is 12.0. The second-order valence-corrected chi connectivity index (χ2v) is 10.4. The minimum atomic E-state index is -1.25. The van der Waals surface area contributed by atoms with Crippen molar-refractivity contribution in [3.05, 3.63) is 0 Å². The van der Waals surface area contributed by atoms with Crippen molar-refractivity contribution in [2.75, 3.05) is 73.8 Å². The van der Waals surface area contributed by atoms with Crippen LogP contribution in [0.3, 0.4) is 0 Å². The van der Waals surface area contributed by atoms with Crippen LogP contribution in [-0.2, 0) is 19.1 Å². The third-order valence-corrected chi connectivity index (χ3v) is 4.48. The molecule has 3 atom stereocenters. The van der Waals surface area contributed by atoms with Crippen LogP contribution in [0.1, 0.15) is 32.6 Å². The van der Waals surface area contributed by atoms with E-state index in [9.17, 15) is 19.5 Å². The summed E-state index contributed by atoms with van der Waals surface area (Å²) in [6.45, 7) is 3.01. The predicted molar refractivity (Wildman–Crippen MR) is 169 cm³/mol. The Bertz CT molecular complexity index is 744. The average Bonchev–Trinajstić information content (AvgIpc) is 2.94. The molecule has 1 unspecified atom stereocenters. The predicted octanol–water partition coefficient (Wildman–Crippen LogP) is -7.13. The number of likely N-dealkylation sites (N-methyl/N-ethyl adjacent to an activating group) is 1. The highest BCUT2D eigenvalue weighted by Crippen LogP contribution is 1.93. The molecule has 0 fully saturated rings. The first-order valence-corrected chi connectivity index (χ1v) is 14.0. The smallest absolute Gasteiger partial charge is 0.320 e. The van der Waals surface area contributed by atoms with Gasteiger partial charge in [0.25, 0.3) is 0 Å². The summed E-state index contributed by atoms with van der Waals surface area (Å²) in [6, 6.07) is -1.75. The highest BCUT2D eigenvalue weighted by atomic mass is 16.5. The third kappa shape index (κ3) is 59.9. The molecular weight excluding hydrogens is 616 g/mol. The summed E-state index contributed by atoms with van der Waals surface area (Å²) in [6.07, 6.45) is 0.155. The van der Waals surface area contributed by atoms with Crippen LogP contribution in [0.2, 0.25) is 0 Å². The molecule has 0 aliphatic rings. The lowest BCUT2D eigenvalue weighted by molar-refractivity contribution is -0.870. The Labute approximate surface area is 270 Å². The summed E-state index contributed by atoms with van der Waals surface area (Å²) in [5.41, 5.74) is 24.8. The van der Waals surface area contributed by atoms with Crippen molar-refractivity contribution in [3.63, 3.8) is 0 Å².